The van der Waals surface area contributed by atoms with E-state index in [1.54, 1.807) is 7.11 Å². The molecule has 1 heterocycles. The normalized spacial score (nSPS) is 13.4. The molecular formula is C26H26ClN3O2. The van der Waals surface area contributed by atoms with Crippen molar-refractivity contribution in [1.29, 1.82) is 5.26 Å². The molecule has 0 aliphatic heterocycles. The quantitative estimate of drug-likeness (QED) is 0.510. The van der Waals surface area contributed by atoms with Crippen molar-refractivity contribution in [3.63, 3.8) is 0 Å². The molecule has 0 unspecified atom stereocenters. The molecule has 0 fully saturated rings. The van der Waals surface area contributed by atoms with E-state index in [0.717, 1.165) is 53.6 Å². The summed E-state index contributed by atoms with van der Waals surface area (Å²) in [6.45, 7) is 0.397. The van der Waals surface area contributed by atoms with Gasteiger partial charge in [-0.1, -0.05) is 42.6 Å². The zero-order chi connectivity index (χ0) is 22.5. The van der Waals surface area contributed by atoms with Gasteiger partial charge in [-0.25, -0.2) is 4.98 Å². The molecule has 0 saturated carbocycles. The number of pyridine rings is 1. The predicted molar refractivity (Wildman–Crippen MR) is 127 cm³/mol. The molecule has 0 radical (unpaired) electrons. The van der Waals surface area contributed by atoms with E-state index in [2.05, 4.69) is 11.1 Å². The SMILES string of the molecule is COc1cc(-c2c(C#N)c(N)nc3c2CCCCCC3)ccc1OCc1ccc(Cl)cc1. The van der Waals surface area contributed by atoms with Gasteiger partial charge in [-0.15, -0.1) is 0 Å². The molecule has 4 rings (SSSR count). The van der Waals surface area contributed by atoms with Crippen LogP contribution in [0.15, 0.2) is 42.5 Å². The van der Waals surface area contributed by atoms with Crippen molar-refractivity contribution in [2.45, 2.75) is 45.1 Å². The average Bonchev–Trinajstić information content (AvgIpc) is 2.79. The number of benzene rings is 2. The number of hydrogen-bond acceptors (Lipinski definition) is 5. The summed E-state index contributed by atoms with van der Waals surface area (Å²) >= 11 is 5.96. The van der Waals surface area contributed by atoms with Gasteiger partial charge in [0.2, 0.25) is 0 Å². The number of anilines is 1. The molecule has 0 amide bonds. The largest absolute Gasteiger partial charge is 0.493 e. The first-order chi connectivity index (χ1) is 15.6. The van der Waals surface area contributed by atoms with Crippen LogP contribution < -0.4 is 15.2 Å². The third-order valence-corrected chi connectivity index (χ3v) is 6.13. The first-order valence-corrected chi connectivity index (χ1v) is 11.3. The van der Waals surface area contributed by atoms with Crippen molar-refractivity contribution in [1.82, 2.24) is 4.98 Å². The van der Waals surface area contributed by atoms with Gasteiger partial charge in [-0.2, -0.15) is 5.26 Å². The summed E-state index contributed by atoms with van der Waals surface area (Å²) < 4.78 is 11.6. The summed E-state index contributed by atoms with van der Waals surface area (Å²) in [5, 5.41) is 10.6. The van der Waals surface area contributed by atoms with Crippen LogP contribution in [0, 0.1) is 11.3 Å². The van der Waals surface area contributed by atoms with Crippen molar-refractivity contribution in [3.8, 4) is 28.7 Å². The van der Waals surface area contributed by atoms with E-state index in [4.69, 9.17) is 26.8 Å². The maximum Gasteiger partial charge on any atom is 0.161 e. The van der Waals surface area contributed by atoms with Gasteiger partial charge in [0.15, 0.2) is 11.5 Å². The van der Waals surface area contributed by atoms with Gasteiger partial charge < -0.3 is 15.2 Å². The number of nitrogens with zero attached hydrogens (tertiary/aromatic N) is 2. The summed E-state index contributed by atoms with van der Waals surface area (Å²) in [4.78, 5) is 4.59. The van der Waals surface area contributed by atoms with Gasteiger partial charge in [0.05, 0.1) is 7.11 Å². The van der Waals surface area contributed by atoms with Crippen LogP contribution in [-0.4, -0.2) is 12.1 Å². The number of ether oxygens (including phenoxy) is 2. The molecule has 1 aliphatic carbocycles. The zero-order valence-electron chi connectivity index (χ0n) is 18.2. The Morgan fingerprint density at radius 1 is 1.03 bits per heavy atom. The number of aromatic nitrogens is 1. The van der Waals surface area contributed by atoms with Crippen molar-refractivity contribution in [2.75, 3.05) is 12.8 Å². The van der Waals surface area contributed by atoms with Gasteiger partial charge in [-0.05, 0) is 66.6 Å². The van der Waals surface area contributed by atoms with Crippen LogP contribution in [0.2, 0.25) is 5.02 Å². The Hall–Kier alpha value is -3.23. The number of methoxy groups -OCH3 is 1. The van der Waals surface area contributed by atoms with Crippen molar-refractivity contribution in [2.24, 2.45) is 0 Å². The highest BCUT2D eigenvalue weighted by atomic mass is 35.5. The molecule has 2 aromatic carbocycles. The van der Waals surface area contributed by atoms with Gasteiger partial charge in [0.25, 0.3) is 0 Å². The van der Waals surface area contributed by atoms with Crippen molar-refractivity contribution in [3.05, 3.63) is 69.9 Å². The third kappa shape index (κ3) is 4.66. The molecule has 164 valence electrons. The summed E-state index contributed by atoms with van der Waals surface area (Å²) in [5.41, 5.74) is 11.6. The number of hydrogen-bond donors (Lipinski definition) is 1. The van der Waals surface area contributed by atoms with E-state index in [1.165, 1.54) is 12.8 Å². The predicted octanol–water partition coefficient (Wildman–Crippen LogP) is 6.10. The van der Waals surface area contributed by atoms with E-state index in [0.29, 0.717) is 34.5 Å². The van der Waals surface area contributed by atoms with Crippen LogP contribution in [0.25, 0.3) is 11.1 Å². The first kappa shape index (κ1) is 22.0. The number of aryl methyl sites for hydroxylation is 1. The number of fused-ring (bicyclic) bond motifs is 1. The Kier molecular flexibility index (Phi) is 6.82. The van der Waals surface area contributed by atoms with Crippen LogP contribution in [0.5, 0.6) is 11.5 Å². The minimum Gasteiger partial charge on any atom is -0.493 e. The fourth-order valence-electron chi connectivity index (χ4n) is 4.23. The number of halogens is 1. The molecule has 0 spiro atoms. The first-order valence-electron chi connectivity index (χ1n) is 10.9. The maximum absolute atomic E-state index is 9.86. The van der Waals surface area contributed by atoms with Crippen LogP contribution in [-0.2, 0) is 19.4 Å². The van der Waals surface area contributed by atoms with Gasteiger partial charge >= 0.3 is 0 Å². The van der Waals surface area contributed by atoms with Crippen LogP contribution in [0.3, 0.4) is 0 Å². The Labute approximate surface area is 193 Å². The lowest BCUT2D eigenvalue weighted by atomic mass is 9.88. The molecule has 0 bridgehead atoms. The summed E-state index contributed by atoms with van der Waals surface area (Å²) in [7, 11) is 1.62. The minimum absolute atomic E-state index is 0.295. The summed E-state index contributed by atoms with van der Waals surface area (Å²) in [6, 6.07) is 15.6. The summed E-state index contributed by atoms with van der Waals surface area (Å²) in [5.74, 6) is 1.54. The topological polar surface area (TPSA) is 81.2 Å². The fraction of sp³-hybridized carbons (Fsp3) is 0.308. The highest BCUT2D eigenvalue weighted by molar-refractivity contribution is 6.30. The van der Waals surface area contributed by atoms with E-state index in [-0.39, 0.29) is 0 Å². The molecule has 3 aromatic rings. The highest BCUT2D eigenvalue weighted by Crippen LogP contribution is 2.39. The molecule has 1 aromatic heterocycles. The second-order valence-electron chi connectivity index (χ2n) is 7.98. The standard InChI is InChI=1S/C26H26ClN3O2/c1-31-24-14-18(10-13-23(24)32-16-17-8-11-19(27)12-9-17)25-20-6-4-2-3-5-7-22(20)30-26(29)21(25)15-28/h8-14H,2-7,16H2,1H3,(H2,29,30). The molecule has 0 saturated heterocycles. The van der Waals surface area contributed by atoms with Gasteiger partial charge in [0, 0.05) is 16.3 Å². The monoisotopic (exact) mass is 447 g/mol. The van der Waals surface area contributed by atoms with Crippen LogP contribution >= 0.6 is 11.6 Å². The number of nitrogens with two attached hydrogens (primary N) is 1. The van der Waals surface area contributed by atoms with Gasteiger partial charge in [0.1, 0.15) is 24.1 Å². The Balaban J connectivity index is 1.72. The zero-order valence-corrected chi connectivity index (χ0v) is 18.9. The molecule has 5 nitrogen and oxygen atoms in total. The Morgan fingerprint density at radius 2 is 1.78 bits per heavy atom. The molecule has 32 heavy (non-hydrogen) atoms. The number of nitriles is 1. The number of rotatable bonds is 5. The second-order valence-corrected chi connectivity index (χ2v) is 8.42. The minimum atomic E-state index is 0.295. The highest BCUT2D eigenvalue weighted by Gasteiger charge is 2.21. The lowest BCUT2D eigenvalue weighted by Gasteiger charge is -2.20. The van der Waals surface area contributed by atoms with E-state index in [1.807, 2.05) is 42.5 Å². The lowest BCUT2D eigenvalue weighted by molar-refractivity contribution is 0.284. The van der Waals surface area contributed by atoms with E-state index in [9.17, 15) is 5.26 Å². The number of nitrogen functional groups attached to an aromatic ring is 1. The molecular weight excluding hydrogens is 422 g/mol. The van der Waals surface area contributed by atoms with Crippen LogP contribution in [0.4, 0.5) is 5.82 Å². The molecule has 2 N–H and O–H groups in total. The fourth-order valence-corrected chi connectivity index (χ4v) is 4.36. The lowest BCUT2D eigenvalue weighted by Crippen LogP contribution is -2.10. The second kappa shape index (κ2) is 9.93. The van der Waals surface area contributed by atoms with Crippen LogP contribution in [0.1, 0.15) is 48.1 Å². The summed E-state index contributed by atoms with van der Waals surface area (Å²) in [6.07, 6.45) is 6.33. The van der Waals surface area contributed by atoms with E-state index < -0.39 is 0 Å². The Morgan fingerprint density at radius 3 is 2.50 bits per heavy atom. The van der Waals surface area contributed by atoms with Crippen molar-refractivity contribution >= 4 is 17.4 Å². The van der Waals surface area contributed by atoms with Crippen molar-refractivity contribution < 1.29 is 9.47 Å². The maximum atomic E-state index is 9.86. The third-order valence-electron chi connectivity index (χ3n) is 5.87. The molecule has 6 heteroatoms. The molecule has 0 atom stereocenters. The molecule has 1 aliphatic rings. The Bertz CT molecular complexity index is 1150. The average molecular weight is 448 g/mol. The van der Waals surface area contributed by atoms with Gasteiger partial charge in [-0.3, -0.25) is 0 Å². The van der Waals surface area contributed by atoms with E-state index >= 15 is 0 Å². The smallest absolute Gasteiger partial charge is 0.161 e.